The summed E-state index contributed by atoms with van der Waals surface area (Å²) in [6, 6.07) is 13.1. The molecule has 1 heterocycles. The zero-order chi connectivity index (χ0) is 20.5. The first kappa shape index (κ1) is 18.9. The Morgan fingerprint density at radius 3 is 2.38 bits per heavy atom. The van der Waals surface area contributed by atoms with Gasteiger partial charge in [0.15, 0.2) is 5.69 Å². The first-order valence-corrected chi connectivity index (χ1v) is 9.64. The SMILES string of the molecule is Cc1ccc(-n2nc(C)c(C(=O)Nc3cccc(NC(=O)C4CC4)c3)n2)c(C)c1. The Morgan fingerprint density at radius 2 is 1.69 bits per heavy atom. The monoisotopic (exact) mass is 389 g/mol. The van der Waals surface area contributed by atoms with Gasteiger partial charge >= 0.3 is 0 Å². The molecule has 2 N–H and O–H groups in total. The molecule has 1 aromatic heterocycles. The number of carbonyl (C=O) groups excluding carboxylic acids is 2. The van der Waals surface area contributed by atoms with Crippen LogP contribution in [0.3, 0.4) is 0 Å². The van der Waals surface area contributed by atoms with E-state index >= 15 is 0 Å². The first-order chi connectivity index (χ1) is 13.9. The van der Waals surface area contributed by atoms with Crippen LogP contribution < -0.4 is 10.6 Å². The highest BCUT2D eigenvalue weighted by atomic mass is 16.2. The summed E-state index contributed by atoms with van der Waals surface area (Å²) in [6.45, 7) is 5.77. The lowest BCUT2D eigenvalue weighted by Crippen LogP contribution is -2.16. The molecule has 1 saturated carbocycles. The van der Waals surface area contributed by atoms with E-state index in [1.54, 1.807) is 31.2 Å². The number of anilines is 2. The normalized spacial score (nSPS) is 13.2. The Morgan fingerprint density at radius 1 is 0.966 bits per heavy atom. The van der Waals surface area contributed by atoms with Gasteiger partial charge in [-0.15, -0.1) is 5.10 Å². The van der Waals surface area contributed by atoms with Crippen LogP contribution >= 0.6 is 0 Å². The van der Waals surface area contributed by atoms with Gasteiger partial charge in [-0.25, -0.2) is 0 Å². The summed E-state index contributed by atoms with van der Waals surface area (Å²) >= 11 is 0. The highest BCUT2D eigenvalue weighted by Gasteiger charge is 2.29. The molecule has 7 nitrogen and oxygen atoms in total. The highest BCUT2D eigenvalue weighted by Crippen LogP contribution is 2.30. The Labute approximate surface area is 169 Å². The number of carbonyl (C=O) groups is 2. The van der Waals surface area contributed by atoms with Crippen molar-refractivity contribution in [3.8, 4) is 5.69 Å². The van der Waals surface area contributed by atoms with E-state index in [1.165, 1.54) is 4.80 Å². The molecule has 0 radical (unpaired) electrons. The van der Waals surface area contributed by atoms with Gasteiger partial charge in [-0.3, -0.25) is 9.59 Å². The van der Waals surface area contributed by atoms with Crippen LogP contribution in [0.4, 0.5) is 11.4 Å². The Hall–Kier alpha value is -3.48. The largest absolute Gasteiger partial charge is 0.326 e. The fourth-order valence-electron chi connectivity index (χ4n) is 3.18. The number of benzene rings is 2. The number of nitrogens with zero attached hydrogens (tertiary/aromatic N) is 3. The molecule has 0 bridgehead atoms. The first-order valence-electron chi connectivity index (χ1n) is 9.64. The van der Waals surface area contributed by atoms with Crippen molar-refractivity contribution in [2.75, 3.05) is 10.6 Å². The number of hydrogen-bond acceptors (Lipinski definition) is 4. The van der Waals surface area contributed by atoms with E-state index in [0.717, 1.165) is 29.7 Å². The molecule has 0 aliphatic heterocycles. The Balaban J connectivity index is 1.51. The van der Waals surface area contributed by atoms with E-state index in [0.29, 0.717) is 17.1 Å². The van der Waals surface area contributed by atoms with Crippen molar-refractivity contribution in [3.05, 3.63) is 65.0 Å². The summed E-state index contributed by atoms with van der Waals surface area (Å²) in [7, 11) is 0. The van der Waals surface area contributed by atoms with Gasteiger partial charge in [0.1, 0.15) is 0 Å². The van der Waals surface area contributed by atoms with Gasteiger partial charge in [-0.2, -0.15) is 9.90 Å². The molecular weight excluding hydrogens is 366 g/mol. The van der Waals surface area contributed by atoms with Crippen molar-refractivity contribution < 1.29 is 9.59 Å². The Bertz CT molecular complexity index is 1100. The summed E-state index contributed by atoms with van der Waals surface area (Å²) in [4.78, 5) is 26.2. The zero-order valence-corrected chi connectivity index (χ0v) is 16.7. The standard InChI is InChI=1S/C22H23N5O2/c1-13-7-10-19(14(2)11-13)27-25-15(3)20(26-27)22(29)24-18-6-4-5-17(12-18)23-21(28)16-8-9-16/h4-7,10-12,16H,8-9H2,1-3H3,(H,23,28)(H,24,29). The average molecular weight is 389 g/mol. The van der Waals surface area contributed by atoms with Crippen molar-refractivity contribution >= 4 is 23.2 Å². The fraction of sp³-hybridized carbons (Fsp3) is 0.273. The van der Waals surface area contributed by atoms with Crippen molar-refractivity contribution in [2.45, 2.75) is 33.6 Å². The quantitative estimate of drug-likeness (QED) is 0.695. The zero-order valence-electron chi connectivity index (χ0n) is 16.7. The van der Waals surface area contributed by atoms with Crippen LogP contribution in [0.15, 0.2) is 42.5 Å². The van der Waals surface area contributed by atoms with Crippen molar-refractivity contribution in [1.82, 2.24) is 15.0 Å². The van der Waals surface area contributed by atoms with Crippen molar-refractivity contribution in [1.29, 1.82) is 0 Å². The van der Waals surface area contributed by atoms with Crippen LogP contribution in [-0.2, 0) is 4.79 Å². The lowest BCUT2D eigenvalue weighted by molar-refractivity contribution is -0.117. The van der Waals surface area contributed by atoms with Gasteiger partial charge < -0.3 is 10.6 Å². The van der Waals surface area contributed by atoms with E-state index < -0.39 is 0 Å². The summed E-state index contributed by atoms with van der Waals surface area (Å²) in [6.07, 6.45) is 1.88. The van der Waals surface area contributed by atoms with Crippen molar-refractivity contribution in [2.24, 2.45) is 5.92 Å². The molecule has 2 aromatic carbocycles. The minimum absolute atomic E-state index is 0.0285. The third-order valence-electron chi connectivity index (χ3n) is 4.90. The van der Waals surface area contributed by atoms with E-state index in [2.05, 4.69) is 26.9 Å². The molecule has 148 valence electrons. The highest BCUT2D eigenvalue weighted by molar-refractivity contribution is 6.04. The second-order valence-corrected chi connectivity index (χ2v) is 7.51. The fourth-order valence-corrected chi connectivity index (χ4v) is 3.18. The number of rotatable bonds is 5. The van der Waals surface area contributed by atoms with Gasteiger partial charge in [-0.1, -0.05) is 23.8 Å². The number of aromatic nitrogens is 3. The molecule has 0 spiro atoms. The molecule has 0 atom stereocenters. The molecule has 29 heavy (non-hydrogen) atoms. The molecule has 1 aliphatic carbocycles. The number of nitrogens with one attached hydrogen (secondary N) is 2. The molecule has 1 fully saturated rings. The molecular formula is C22H23N5O2. The van der Waals surface area contributed by atoms with Gasteiger partial charge in [0, 0.05) is 17.3 Å². The third kappa shape index (κ3) is 4.18. The minimum atomic E-state index is -0.343. The molecule has 7 heteroatoms. The predicted molar refractivity (Wildman–Crippen MR) is 111 cm³/mol. The second kappa shape index (κ2) is 7.50. The van der Waals surface area contributed by atoms with Crippen molar-refractivity contribution in [3.63, 3.8) is 0 Å². The number of amides is 2. The van der Waals surface area contributed by atoms with E-state index in [4.69, 9.17) is 0 Å². The van der Waals surface area contributed by atoms with Crippen LogP contribution in [-0.4, -0.2) is 26.8 Å². The summed E-state index contributed by atoms with van der Waals surface area (Å²) < 4.78 is 0. The predicted octanol–water partition coefficient (Wildman–Crippen LogP) is 3.79. The molecule has 0 saturated heterocycles. The van der Waals surface area contributed by atoms with E-state index in [9.17, 15) is 9.59 Å². The van der Waals surface area contributed by atoms with Gasteiger partial charge in [-0.05, 0) is 63.4 Å². The lowest BCUT2D eigenvalue weighted by Gasteiger charge is -2.08. The van der Waals surface area contributed by atoms with Crippen LogP contribution in [0, 0.1) is 26.7 Å². The molecule has 4 rings (SSSR count). The second-order valence-electron chi connectivity index (χ2n) is 7.51. The average Bonchev–Trinajstić information content (AvgIpc) is 3.45. The van der Waals surface area contributed by atoms with E-state index in [-0.39, 0.29) is 23.4 Å². The maximum Gasteiger partial charge on any atom is 0.278 e. The molecule has 1 aliphatic rings. The smallest absolute Gasteiger partial charge is 0.278 e. The lowest BCUT2D eigenvalue weighted by atomic mass is 10.1. The van der Waals surface area contributed by atoms with Crippen LogP contribution in [0.5, 0.6) is 0 Å². The summed E-state index contributed by atoms with van der Waals surface area (Å²) in [5, 5.41) is 14.5. The summed E-state index contributed by atoms with van der Waals surface area (Å²) in [5.41, 5.74) is 5.08. The Kier molecular flexibility index (Phi) is 4.88. The minimum Gasteiger partial charge on any atom is -0.326 e. The third-order valence-corrected chi connectivity index (χ3v) is 4.90. The van der Waals surface area contributed by atoms with Crippen LogP contribution in [0.2, 0.25) is 0 Å². The van der Waals surface area contributed by atoms with Gasteiger partial charge in [0.05, 0.1) is 11.4 Å². The molecule has 2 amide bonds. The van der Waals surface area contributed by atoms with Gasteiger partial charge in [0.2, 0.25) is 5.91 Å². The summed E-state index contributed by atoms with van der Waals surface area (Å²) in [5.74, 6) is -0.193. The molecule has 0 unspecified atom stereocenters. The van der Waals surface area contributed by atoms with E-state index in [1.807, 2.05) is 26.0 Å². The van der Waals surface area contributed by atoms with Crippen LogP contribution in [0.1, 0.15) is 40.2 Å². The number of hydrogen-bond donors (Lipinski definition) is 2. The number of aryl methyl sites for hydroxylation is 3. The molecule has 3 aromatic rings. The van der Waals surface area contributed by atoms with Gasteiger partial charge in [0.25, 0.3) is 5.91 Å². The maximum absolute atomic E-state index is 12.8. The maximum atomic E-state index is 12.8. The topological polar surface area (TPSA) is 88.9 Å². The van der Waals surface area contributed by atoms with Crippen LogP contribution in [0.25, 0.3) is 5.69 Å².